The number of halogens is 1. The second-order valence-electron chi connectivity index (χ2n) is 8.04. The van der Waals surface area contributed by atoms with Crippen LogP contribution in [0.5, 0.6) is 0 Å². The third-order valence-corrected chi connectivity index (χ3v) is 7.46. The number of carbonyl (C=O) groups excluding carboxylic acids is 1. The molecule has 1 unspecified atom stereocenters. The van der Waals surface area contributed by atoms with Crippen LogP contribution in [0.2, 0.25) is 5.02 Å². The molecule has 3 aromatic rings. The van der Waals surface area contributed by atoms with Gasteiger partial charge in [0.25, 0.3) is 15.9 Å². The Hall–Kier alpha value is -2.83. The van der Waals surface area contributed by atoms with E-state index in [4.69, 9.17) is 11.6 Å². The summed E-state index contributed by atoms with van der Waals surface area (Å²) in [6.07, 6.45) is 4.59. The van der Waals surface area contributed by atoms with Crippen LogP contribution in [0, 0.1) is 0 Å². The van der Waals surface area contributed by atoms with Crippen LogP contribution in [0.25, 0.3) is 0 Å². The Labute approximate surface area is 193 Å². The lowest BCUT2D eigenvalue weighted by Gasteiger charge is -2.20. The average molecular weight is 469 g/mol. The van der Waals surface area contributed by atoms with Crippen molar-refractivity contribution < 1.29 is 13.2 Å². The van der Waals surface area contributed by atoms with E-state index in [-0.39, 0.29) is 33.1 Å². The van der Waals surface area contributed by atoms with Gasteiger partial charge in [-0.2, -0.15) is 0 Å². The second kappa shape index (κ2) is 9.35. The number of nitrogens with one attached hydrogen (secondary N) is 2. The molecule has 1 amide bonds. The van der Waals surface area contributed by atoms with Crippen molar-refractivity contribution in [3.05, 3.63) is 94.0 Å². The Morgan fingerprint density at radius 2 is 1.66 bits per heavy atom. The van der Waals surface area contributed by atoms with Gasteiger partial charge in [-0.05, 0) is 79.6 Å². The predicted octanol–water partition coefficient (Wildman–Crippen LogP) is 5.51. The van der Waals surface area contributed by atoms with Crippen LogP contribution in [0.15, 0.2) is 71.6 Å². The standard InChI is InChI=1S/C25H25ClN2O3S/c1-17(19-12-11-18-7-5-6-8-20(18)15-19)27-25(29)23-16-21(13-14-24(23)26)28-32(30,31)22-9-3-2-4-10-22/h2-4,9-17,28H,5-8H2,1H3,(H,27,29). The third-order valence-electron chi connectivity index (χ3n) is 5.74. The molecule has 166 valence electrons. The zero-order valence-corrected chi connectivity index (χ0v) is 19.3. The lowest BCUT2D eigenvalue weighted by atomic mass is 9.89. The number of carbonyl (C=O) groups is 1. The Bertz CT molecular complexity index is 1240. The molecule has 0 aliphatic heterocycles. The van der Waals surface area contributed by atoms with E-state index in [1.54, 1.807) is 18.2 Å². The molecule has 3 aromatic carbocycles. The number of anilines is 1. The smallest absolute Gasteiger partial charge is 0.261 e. The molecule has 0 fully saturated rings. The normalized spacial score (nSPS) is 14.3. The van der Waals surface area contributed by atoms with Crippen LogP contribution in [0.4, 0.5) is 5.69 Å². The summed E-state index contributed by atoms with van der Waals surface area (Å²) in [5.74, 6) is -0.360. The van der Waals surface area contributed by atoms with Crippen molar-refractivity contribution >= 4 is 33.2 Å². The Kier molecular flexibility index (Phi) is 6.53. The molecule has 0 bridgehead atoms. The highest BCUT2D eigenvalue weighted by Gasteiger charge is 2.19. The first-order valence-corrected chi connectivity index (χ1v) is 12.5. The van der Waals surface area contributed by atoms with Crippen molar-refractivity contribution in [3.8, 4) is 0 Å². The van der Waals surface area contributed by atoms with Crippen LogP contribution < -0.4 is 10.0 Å². The molecular formula is C25H25ClN2O3S. The van der Waals surface area contributed by atoms with Gasteiger partial charge in [-0.3, -0.25) is 9.52 Å². The molecule has 0 spiro atoms. The van der Waals surface area contributed by atoms with E-state index < -0.39 is 10.0 Å². The lowest BCUT2D eigenvalue weighted by molar-refractivity contribution is 0.0940. The highest BCUT2D eigenvalue weighted by molar-refractivity contribution is 7.92. The van der Waals surface area contributed by atoms with E-state index in [0.29, 0.717) is 0 Å². The molecule has 2 N–H and O–H groups in total. The van der Waals surface area contributed by atoms with E-state index in [2.05, 4.69) is 28.2 Å². The zero-order chi connectivity index (χ0) is 22.7. The van der Waals surface area contributed by atoms with Crippen molar-refractivity contribution in [2.45, 2.75) is 43.5 Å². The fourth-order valence-corrected chi connectivity index (χ4v) is 5.23. The molecule has 0 saturated heterocycles. The van der Waals surface area contributed by atoms with Crippen molar-refractivity contribution in [1.82, 2.24) is 5.32 Å². The number of aryl methyl sites for hydroxylation is 2. The van der Waals surface area contributed by atoms with Crippen molar-refractivity contribution in [2.24, 2.45) is 0 Å². The fourth-order valence-electron chi connectivity index (χ4n) is 3.96. The minimum atomic E-state index is -3.77. The van der Waals surface area contributed by atoms with Crippen molar-refractivity contribution in [3.63, 3.8) is 0 Å². The SMILES string of the molecule is CC(NC(=O)c1cc(NS(=O)(=O)c2ccccc2)ccc1Cl)c1ccc2c(c1)CCCC2. The molecule has 7 heteroatoms. The van der Waals surface area contributed by atoms with Crippen LogP contribution in [-0.4, -0.2) is 14.3 Å². The van der Waals surface area contributed by atoms with Gasteiger partial charge < -0.3 is 5.32 Å². The van der Waals surface area contributed by atoms with Crippen LogP contribution >= 0.6 is 11.6 Å². The molecule has 0 saturated carbocycles. The highest BCUT2D eigenvalue weighted by atomic mass is 35.5. The van der Waals surface area contributed by atoms with Gasteiger partial charge in [0.1, 0.15) is 0 Å². The van der Waals surface area contributed by atoms with Gasteiger partial charge in [-0.15, -0.1) is 0 Å². The van der Waals surface area contributed by atoms with Gasteiger partial charge in [0.2, 0.25) is 0 Å². The lowest BCUT2D eigenvalue weighted by Crippen LogP contribution is -2.27. The van der Waals surface area contributed by atoms with Gasteiger partial charge >= 0.3 is 0 Å². The number of benzene rings is 3. The van der Waals surface area contributed by atoms with Crippen LogP contribution in [0.1, 0.15) is 52.9 Å². The molecule has 4 rings (SSSR count). The van der Waals surface area contributed by atoms with E-state index in [1.807, 2.05) is 6.92 Å². The predicted molar refractivity (Wildman–Crippen MR) is 128 cm³/mol. The first-order valence-electron chi connectivity index (χ1n) is 10.6. The summed E-state index contributed by atoms with van der Waals surface area (Å²) in [6.45, 7) is 1.93. The van der Waals surface area contributed by atoms with Gasteiger partial charge in [-0.25, -0.2) is 8.42 Å². The number of hydrogen-bond acceptors (Lipinski definition) is 3. The van der Waals surface area contributed by atoms with E-state index >= 15 is 0 Å². The van der Waals surface area contributed by atoms with Gasteiger partial charge in [0, 0.05) is 5.69 Å². The fraction of sp³-hybridized carbons (Fsp3) is 0.240. The molecule has 0 radical (unpaired) electrons. The Morgan fingerprint density at radius 1 is 0.938 bits per heavy atom. The minimum absolute atomic E-state index is 0.141. The Balaban J connectivity index is 1.51. The van der Waals surface area contributed by atoms with E-state index in [0.717, 1.165) is 18.4 Å². The summed E-state index contributed by atoms with van der Waals surface area (Å²) in [4.78, 5) is 13.1. The van der Waals surface area contributed by atoms with Crippen LogP contribution in [-0.2, 0) is 22.9 Å². The maximum atomic E-state index is 13.0. The summed E-state index contributed by atoms with van der Waals surface area (Å²) < 4.78 is 27.7. The summed E-state index contributed by atoms with van der Waals surface area (Å²) in [5.41, 5.74) is 4.26. The topological polar surface area (TPSA) is 75.3 Å². The summed E-state index contributed by atoms with van der Waals surface area (Å²) in [6, 6.07) is 18.7. The highest BCUT2D eigenvalue weighted by Crippen LogP contribution is 2.26. The molecule has 32 heavy (non-hydrogen) atoms. The molecule has 0 aromatic heterocycles. The molecule has 1 aliphatic rings. The molecular weight excluding hydrogens is 444 g/mol. The molecule has 1 atom stereocenters. The number of sulfonamides is 1. The Morgan fingerprint density at radius 3 is 2.41 bits per heavy atom. The maximum Gasteiger partial charge on any atom is 0.261 e. The van der Waals surface area contributed by atoms with Gasteiger partial charge in [0.15, 0.2) is 0 Å². The van der Waals surface area contributed by atoms with Crippen molar-refractivity contribution in [2.75, 3.05) is 4.72 Å². The largest absolute Gasteiger partial charge is 0.345 e. The molecule has 0 heterocycles. The maximum absolute atomic E-state index is 13.0. The summed E-state index contributed by atoms with van der Waals surface area (Å²) >= 11 is 6.27. The van der Waals surface area contributed by atoms with Gasteiger partial charge in [0.05, 0.1) is 21.5 Å². The minimum Gasteiger partial charge on any atom is -0.345 e. The first kappa shape index (κ1) is 22.4. The first-order chi connectivity index (χ1) is 15.3. The molecule has 1 aliphatic carbocycles. The zero-order valence-electron chi connectivity index (χ0n) is 17.8. The summed E-state index contributed by atoms with van der Waals surface area (Å²) in [7, 11) is -3.77. The number of amides is 1. The summed E-state index contributed by atoms with van der Waals surface area (Å²) in [5, 5.41) is 3.23. The second-order valence-corrected chi connectivity index (χ2v) is 10.1. The van der Waals surface area contributed by atoms with Gasteiger partial charge in [-0.1, -0.05) is 48.0 Å². The molecule has 5 nitrogen and oxygen atoms in total. The number of fused-ring (bicyclic) bond motifs is 1. The average Bonchev–Trinajstić information content (AvgIpc) is 2.80. The third kappa shape index (κ3) is 4.97. The number of rotatable bonds is 6. The quantitative estimate of drug-likeness (QED) is 0.500. The number of hydrogen-bond donors (Lipinski definition) is 2. The van der Waals surface area contributed by atoms with E-state index in [9.17, 15) is 13.2 Å². The monoisotopic (exact) mass is 468 g/mol. The van der Waals surface area contributed by atoms with Crippen LogP contribution in [0.3, 0.4) is 0 Å². The van der Waals surface area contributed by atoms with E-state index in [1.165, 1.54) is 54.3 Å². The van der Waals surface area contributed by atoms with Crippen molar-refractivity contribution in [1.29, 1.82) is 0 Å².